The number of carbonyl (C=O) groups is 2. The number of carbonyl (C=O) groups excluding carboxylic acids is 2. The second kappa shape index (κ2) is 9.09. The van der Waals surface area contributed by atoms with E-state index < -0.39 is 11.9 Å². The number of hydrogen-bond donors (Lipinski definition) is 2. The van der Waals surface area contributed by atoms with Crippen molar-refractivity contribution >= 4 is 11.9 Å². The molecule has 4 N–H and O–H groups in total. The van der Waals surface area contributed by atoms with E-state index in [1.54, 1.807) is 13.8 Å². The molecular weight excluding hydrogens is 236 g/mol. The normalized spacial score (nSPS) is 12.1. The van der Waals surface area contributed by atoms with Crippen molar-refractivity contribution in [3.63, 3.8) is 0 Å². The van der Waals surface area contributed by atoms with Crippen LogP contribution in [0.3, 0.4) is 0 Å². The summed E-state index contributed by atoms with van der Waals surface area (Å²) in [4.78, 5) is 22.1. The fourth-order valence-electron chi connectivity index (χ4n) is 1.00. The van der Waals surface area contributed by atoms with E-state index in [1.807, 2.05) is 0 Å². The van der Waals surface area contributed by atoms with Crippen LogP contribution in [-0.4, -0.2) is 25.2 Å². The van der Waals surface area contributed by atoms with Crippen molar-refractivity contribution in [1.29, 1.82) is 0 Å². The number of allylic oxidation sites excluding steroid dienone is 2. The lowest BCUT2D eigenvalue weighted by Gasteiger charge is -2.03. The van der Waals surface area contributed by atoms with E-state index in [2.05, 4.69) is 0 Å². The molecule has 0 rings (SSSR count). The van der Waals surface area contributed by atoms with Gasteiger partial charge in [0.15, 0.2) is 0 Å². The molecule has 0 bridgehead atoms. The Morgan fingerprint density at radius 2 is 1.22 bits per heavy atom. The molecule has 18 heavy (non-hydrogen) atoms. The van der Waals surface area contributed by atoms with Gasteiger partial charge in [-0.3, -0.25) is 0 Å². The van der Waals surface area contributed by atoms with E-state index >= 15 is 0 Å². The number of unbranched alkanes of at least 4 members (excludes halogenated alkanes) is 1. The smallest absolute Gasteiger partial charge is 0.332 e. The summed E-state index contributed by atoms with van der Waals surface area (Å²) >= 11 is 0. The first-order valence-electron chi connectivity index (χ1n) is 5.63. The van der Waals surface area contributed by atoms with Gasteiger partial charge in [-0.25, -0.2) is 9.59 Å². The zero-order chi connectivity index (χ0) is 14.0. The van der Waals surface area contributed by atoms with Gasteiger partial charge in [-0.2, -0.15) is 0 Å². The van der Waals surface area contributed by atoms with Crippen molar-refractivity contribution in [2.75, 3.05) is 13.2 Å². The zero-order valence-electron chi connectivity index (χ0n) is 10.8. The highest BCUT2D eigenvalue weighted by atomic mass is 16.5. The molecule has 0 aromatic heterocycles. The Bertz CT molecular complexity index is 306. The molecule has 0 atom stereocenters. The van der Waals surface area contributed by atoms with E-state index in [1.165, 1.54) is 12.2 Å². The molecule has 0 unspecified atom stereocenters. The van der Waals surface area contributed by atoms with Crippen LogP contribution in [0.1, 0.15) is 26.7 Å². The predicted octanol–water partition coefficient (Wildman–Crippen LogP) is 0.578. The maximum absolute atomic E-state index is 11.0. The molecule has 0 radical (unpaired) electrons. The molecule has 0 saturated heterocycles. The van der Waals surface area contributed by atoms with E-state index in [0.717, 1.165) is 0 Å². The summed E-state index contributed by atoms with van der Waals surface area (Å²) in [6.45, 7) is 3.75. The maximum atomic E-state index is 11.0. The third-order valence-corrected chi connectivity index (χ3v) is 1.72. The van der Waals surface area contributed by atoms with Gasteiger partial charge < -0.3 is 20.9 Å². The number of nitrogens with two attached hydrogens (primary N) is 2. The van der Waals surface area contributed by atoms with Crippen molar-refractivity contribution in [1.82, 2.24) is 0 Å². The zero-order valence-corrected chi connectivity index (χ0v) is 10.8. The third-order valence-electron chi connectivity index (χ3n) is 1.72. The monoisotopic (exact) mass is 256 g/mol. The lowest BCUT2D eigenvalue weighted by Crippen LogP contribution is -2.08. The highest BCUT2D eigenvalue weighted by Gasteiger charge is 2.00. The molecule has 0 spiro atoms. The minimum atomic E-state index is -0.464. The van der Waals surface area contributed by atoms with Crippen molar-refractivity contribution in [2.24, 2.45) is 11.5 Å². The minimum absolute atomic E-state index is 0.270. The summed E-state index contributed by atoms with van der Waals surface area (Å²) in [6.07, 6.45) is 3.66. The first-order valence-corrected chi connectivity index (χ1v) is 5.63. The van der Waals surface area contributed by atoms with Crippen LogP contribution >= 0.6 is 0 Å². The summed E-state index contributed by atoms with van der Waals surface area (Å²) in [5.41, 5.74) is 11.4. The lowest BCUT2D eigenvalue weighted by atomic mass is 10.3. The SMILES string of the molecule is C/C(N)=C/C(=O)OCCCCOC(=O)/C=C(\C)N. The Hall–Kier alpha value is -1.98. The average Bonchev–Trinajstić information content (AvgIpc) is 2.20. The fourth-order valence-corrected chi connectivity index (χ4v) is 1.00. The van der Waals surface area contributed by atoms with Gasteiger partial charge in [0.05, 0.1) is 13.2 Å². The first-order chi connectivity index (χ1) is 8.41. The van der Waals surface area contributed by atoms with Crippen LogP contribution in [0.25, 0.3) is 0 Å². The first kappa shape index (κ1) is 16.0. The molecule has 6 nitrogen and oxygen atoms in total. The molecule has 0 aliphatic carbocycles. The topological polar surface area (TPSA) is 105 Å². The van der Waals surface area contributed by atoms with Gasteiger partial charge in [0.1, 0.15) is 0 Å². The number of ether oxygens (including phenoxy) is 2. The van der Waals surface area contributed by atoms with Crippen LogP contribution in [0.15, 0.2) is 23.5 Å². The van der Waals surface area contributed by atoms with Crippen LogP contribution in [0.5, 0.6) is 0 Å². The van der Waals surface area contributed by atoms with Crippen LogP contribution in [0, 0.1) is 0 Å². The highest BCUT2D eigenvalue weighted by molar-refractivity contribution is 5.82. The molecule has 6 heteroatoms. The van der Waals surface area contributed by atoms with Gasteiger partial charge >= 0.3 is 11.9 Å². The lowest BCUT2D eigenvalue weighted by molar-refractivity contribution is -0.140. The summed E-state index contributed by atoms with van der Waals surface area (Å²) in [7, 11) is 0. The largest absolute Gasteiger partial charge is 0.462 e. The number of esters is 2. The maximum Gasteiger partial charge on any atom is 0.332 e. The van der Waals surface area contributed by atoms with E-state index in [0.29, 0.717) is 24.2 Å². The summed E-state index contributed by atoms with van der Waals surface area (Å²) in [5, 5.41) is 0. The highest BCUT2D eigenvalue weighted by Crippen LogP contribution is 1.95. The molecule has 0 heterocycles. The minimum Gasteiger partial charge on any atom is -0.462 e. The van der Waals surface area contributed by atoms with Crippen LogP contribution < -0.4 is 11.5 Å². The van der Waals surface area contributed by atoms with Crippen LogP contribution in [0.4, 0.5) is 0 Å². The number of hydrogen-bond acceptors (Lipinski definition) is 6. The number of rotatable bonds is 7. The van der Waals surface area contributed by atoms with Gasteiger partial charge in [0, 0.05) is 23.5 Å². The second-order valence-corrected chi connectivity index (χ2v) is 3.82. The molecular formula is C12H20N2O4. The van der Waals surface area contributed by atoms with E-state index in [-0.39, 0.29) is 13.2 Å². The average molecular weight is 256 g/mol. The van der Waals surface area contributed by atoms with Crippen molar-refractivity contribution in [3.05, 3.63) is 23.5 Å². The molecule has 0 aliphatic rings. The Kier molecular flexibility index (Phi) is 8.09. The Labute approximate surface area is 107 Å². The van der Waals surface area contributed by atoms with E-state index in [4.69, 9.17) is 20.9 Å². The fraction of sp³-hybridized carbons (Fsp3) is 0.500. The third kappa shape index (κ3) is 10.5. The molecule has 0 aliphatic heterocycles. The Morgan fingerprint density at radius 1 is 0.889 bits per heavy atom. The van der Waals surface area contributed by atoms with Crippen molar-refractivity contribution < 1.29 is 19.1 Å². The predicted molar refractivity (Wildman–Crippen MR) is 67.0 cm³/mol. The summed E-state index contributed by atoms with van der Waals surface area (Å²) in [5.74, 6) is -0.928. The Balaban J connectivity index is 3.53. The summed E-state index contributed by atoms with van der Waals surface area (Å²) in [6, 6.07) is 0. The molecule has 0 fully saturated rings. The van der Waals surface area contributed by atoms with Gasteiger partial charge in [-0.05, 0) is 26.7 Å². The van der Waals surface area contributed by atoms with Gasteiger partial charge in [-0.15, -0.1) is 0 Å². The van der Waals surface area contributed by atoms with Gasteiger partial charge in [0.25, 0.3) is 0 Å². The molecule has 0 saturated carbocycles. The summed E-state index contributed by atoms with van der Waals surface area (Å²) < 4.78 is 9.71. The van der Waals surface area contributed by atoms with Gasteiger partial charge in [-0.1, -0.05) is 0 Å². The molecule has 102 valence electrons. The molecule has 0 aromatic carbocycles. The quantitative estimate of drug-likeness (QED) is 0.392. The Morgan fingerprint density at radius 3 is 1.50 bits per heavy atom. The standard InChI is InChI=1S/C12H20N2O4/c1-9(13)7-11(15)17-5-3-4-6-18-12(16)8-10(2)14/h7-8H,3-6,13-14H2,1-2H3/b9-7-,10-8+. The van der Waals surface area contributed by atoms with Crippen molar-refractivity contribution in [2.45, 2.75) is 26.7 Å². The van der Waals surface area contributed by atoms with Gasteiger partial charge in [0.2, 0.25) is 0 Å². The van der Waals surface area contributed by atoms with Crippen LogP contribution in [-0.2, 0) is 19.1 Å². The van der Waals surface area contributed by atoms with E-state index in [9.17, 15) is 9.59 Å². The molecule has 0 aromatic rings. The second-order valence-electron chi connectivity index (χ2n) is 3.82. The molecule has 0 amide bonds. The van der Waals surface area contributed by atoms with Crippen LogP contribution in [0.2, 0.25) is 0 Å². The van der Waals surface area contributed by atoms with Crippen molar-refractivity contribution in [3.8, 4) is 0 Å².